The second-order valence-electron chi connectivity index (χ2n) is 4.22. The third-order valence-corrected chi connectivity index (χ3v) is 3.08. The fourth-order valence-corrected chi connectivity index (χ4v) is 2.05. The van der Waals surface area contributed by atoms with Crippen molar-refractivity contribution in [3.05, 3.63) is 30.1 Å². The zero-order chi connectivity index (χ0) is 13.3. The number of hydrogen-bond acceptors (Lipinski definition) is 4. The molecule has 1 aromatic heterocycles. The summed E-state index contributed by atoms with van der Waals surface area (Å²) in [5.41, 5.74) is -1.58. The highest BCUT2D eigenvalue weighted by atomic mass is 16.4. The van der Waals surface area contributed by atoms with Crippen LogP contribution in [0.15, 0.2) is 24.4 Å². The van der Waals surface area contributed by atoms with E-state index >= 15 is 0 Å². The standard InChI is InChI=1S/C12H12N2O4/c1-12(11(17)18,8-4-2-3-7-13-8)14-9(15)5-6-10(14)16/h2-4,7H,5-6H2,1H3,(H,17,18). The molecular formula is C12H12N2O4. The Bertz CT molecular complexity index is 498. The van der Waals surface area contributed by atoms with Crippen LogP contribution in [0.5, 0.6) is 0 Å². The third kappa shape index (κ3) is 1.66. The molecule has 0 spiro atoms. The van der Waals surface area contributed by atoms with Gasteiger partial charge in [0.05, 0.1) is 5.69 Å². The summed E-state index contributed by atoms with van der Waals surface area (Å²) in [4.78, 5) is 39.7. The van der Waals surface area contributed by atoms with Gasteiger partial charge in [-0.15, -0.1) is 0 Å². The number of nitrogens with zero attached hydrogens (tertiary/aromatic N) is 2. The van der Waals surface area contributed by atoms with Crippen LogP contribution in [0.3, 0.4) is 0 Å². The molecule has 0 bridgehead atoms. The van der Waals surface area contributed by atoms with Crippen molar-refractivity contribution in [3.8, 4) is 0 Å². The maximum Gasteiger partial charge on any atom is 0.336 e. The maximum absolute atomic E-state index is 11.7. The molecule has 1 aliphatic heterocycles. The van der Waals surface area contributed by atoms with Crippen LogP contribution in [-0.2, 0) is 19.9 Å². The Labute approximate surface area is 103 Å². The van der Waals surface area contributed by atoms with Gasteiger partial charge >= 0.3 is 5.97 Å². The van der Waals surface area contributed by atoms with Crippen molar-refractivity contribution in [1.82, 2.24) is 9.88 Å². The number of hydrogen-bond donors (Lipinski definition) is 1. The SMILES string of the molecule is CC(C(=O)O)(c1ccccn1)N1C(=O)CCC1=O. The van der Waals surface area contributed by atoms with Crippen LogP contribution in [0.4, 0.5) is 0 Å². The first kappa shape index (κ1) is 12.2. The van der Waals surface area contributed by atoms with E-state index in [9.17, 15) is 19.5 Å². The van der Waals surface area contributed by atoms with Gasteiger partial charge in [0, 0.05) is 19.0 Å². The lowest BCUT2D eigenvalue weighted by molar-refractivity contribution is -0.162. The van der Waals surface area contributed by atoms with E-state index in [1.165, 1.54) is 19.2 Å². The summed E-state index contributed by atoms with van der Waals surface area (Å²) in [5.74, 6) is -2.23. The van der Waals surface area contributed by atoms with Crippen molar-refractivity contribution in [2.45, 2.75) is 25.3 Å². The number of carbonyl (C=O) groups excluding carboxylic acids is 2. The molecule has 2 amide bonds. The molecule has 1 aliphatic rings. The molecule has 1 fully saturated rings. The Morgan fingerprint density at radius 3 is 2.39 bits per heavy atom. The molecular weight excluding hydrogens is 236 g/mol. The highest BCUT2D eigenvalue weighted by Gasteiger charge is 2.50. The molecule has 94 valence electrons. The van der Waals surface area contributed by atoms with Gasteiger partial charge in [0.1, 0.15) is 0 Å². The van der Waals surface area contributed by atoms with Crippen molar-refractivity contribution in [2.24, 2.45) is 0 Å². The molecule has 6 nitrogen and oxygen atoms in total. The van der Waals surface area contributed by atoms with E-state index in [0.29, 0.717) is 0 Å². The van der Waals surface area contributed by atoms with Crippen LogP contribution in [0.1, 0.15) is 25.5 Å². The predicted molar refractivity (Wildman–Crippen MR) is 60.3 cm³/mol. The van der Waals surface area contributed by atoms with Gasteiger partial charge in [0.25, 0.3) is 0 Å². The number of carbonyl (C=O) groups is 3. The number of rotatable bonds is 3. The predicted octanol–water partition coefficient (Wildman–Crippen LogP) is 0.530. The first-order chi connectivity index (χ1) is 8.48. The highest BCUT2D eigenvalue weighted by Crippen LogP contribution is 2.32. The van der Waals surface area contributed by atoms with E-state index in [-0.39, 0.29) is 18.5 Å². The first-order valence-electron chi connectivity index (χ1n) is 5.48. The number of imide groups is 1. The lowest BCUT2D eigenvalue weighted by atomic mass is 9.95. The van der Waals surface area contributed by atoms with Gasteiger partial charge in [-0.2, -0.15) is 0 Å². The van der Waals surface area contributed by atoms with E-state index in [0.717, 1.165) is 4.90 Å². The Kier molecular flexibility index (Phi) is 2.86. The van der Waals surface area contributed by atoms with Crippen LogP contribution in [0.2, 0.25) is 0 Å². The quantitative estimate of drug-likeness (QED) is 0.788. The van der Waals surface area contributed by atoms with Crippen molar-refractivity contribution < 1.29 is 19.5 Å². The molecule has 6 heteroatoms. The first-order valence-corrected chi connectivity index (χ1v) is 5.48. The Hall–Kier alpha value is -2.24. The molecule has 0 saturated carbocycles. The summed E-state index contributed by atoms with van der Waals surface area (Å²) in [6.45, 7) is 1.32. The number of carboxylic acid groups (broad SMARTS) is 1. The molecule has 2 heterocycles. The van der Waals surface area contributed by atoms with Crippen LogP contribution in [-0.4, -0.2) is 32.8 Å². The average Bonchev–Trinajstić information content (AvgIpc) is 2.69. The molecule has 1 aromatic rings. The summed E-state index contributed by atoms with van der Waals surface area (Å²) in [6, 6.07) is 4.75. The van der Waals surface area contributed by atoms with Gasteiger partial charge in [-0.25, -0.2) is 4.79 Å². The van der Waals surface area contributed by atoms with Crippen LogP contribution >= 0.6 is 0 Å². The molecule has 2 rings (SSSR count). The summed E-state index contributed by atoms with van der Waals surface area (Å²) in [5, 5.41) is 9.40. The number of aromatic nitrogens is 1. The lowest BCUT2D eigenvalue weighted by Gasteiger charge is -2.32. The fourth-order valence-electron chi connectivity index (χ4n) is 2.05. The van der Waals surface area contributed by atoms with Crippen LogP contribution in [0.25, 0.3) is 0 Å². The summed E-state index contributed by atoms with van der Waals surface area (Å²) in [6.07, 6.45) is 1.53. The minimum Gasteiger partial charge on any atom is -0.479 e. The molecule has 0 aromatic carbocycles. The lowest BCUT2D eigenvalue weighted by Crippen LogP contribution is -2.52. The van der Waals surface area contributed by atoms with E-state index in [2.05, 4.69) is 4.98 Å². The van der Waals surface area contributed by atoms with Crippen molar-refractivity contribution in [2.75, 3.05) is 0 Å². The van der Waals surface area contributed by atoms with Gasteiger partial charge in [0.15, 0.2) is 5.54 Å². The van der Waals surface area contributed by atoms with E-state index in [4.69, 9.17) is 0 Å². The monoisotopic (exact) mass is 248 g/mol. The van der Waals surface area contributed by atoms with E-state index in [1.807, 2.05) is 0 Å². The average molecular weight is 248 g/mol. The second kappa shape index (κ2) is 4.21. The number of aliphatic carboxylic acids is 1. The van der Waals surface area contributed by atoms with Crippen LogP contribution in [0, 0.1) is 0 Å². The molecule has 18 heavy (non-hydrogen) atoms. The minimum absolute atomic E-state index is 0.0501. The summed E-state index contributed by atoms with van der Waals surface area (Å²) < 4.78 is 0. The van der Waals surface area contributed by atoms with Gasteiger partial charge in [0.2, 0.25) is 11.8 Å². The summed E-state index contributed by atoms with van der Waals surface area (Å²) >= 11 is 0. The zero-order valence-corrected chi connectivity index (χ0v) is 9.79. The molecule has 1 atom stereocenters. The van der Waals surface area contributed by atoms with Crippen LogP contribution < -0.4 is 0 Å². The minimum atomic E-state index is -1.74. The van der Waals surface area contributed by atoms with Crippen molar-refractivity contribution in [1.29, 1.82) is 0 Å². The Morgan fingerprint density at radius 1 is 1.33 bits per heavy atom. The zero-order valence-electron chi connectivity index (χ0n) is 9.79. The maximum atomic E-state index is 11.7. The van der Waals surface area contributed by atoms with E-state index in [1.54, 1.807) is 12.1 Å². The number of likely N-dealkylation sites (tertiary alicyclic amines) is 1. The molecule has 1 saturated heterocycles. The highest BCUT2D eigenvalue weighted by molar-refractivity contribution is 6.06. The molecule has 1 unspecified atom stereocenters. The molecule has 0 aliphatic carbocycles. The van der Waals surface area contributed by atoms with Crippen molar-refractivity contribution in [3.63, 3.8) is 0 Å². The summed E-state index contributed by atoms with van der Waals surface area (Å²) in [7, 11) is 0. The van der Waals surface area contributed by atoms with E-state index < -0.39 is 23.3 Å². The smallest absolute Gasteiger partial charge is 0.336 e. The fraction of sp³-hybridized carbons (Fsp3) is 0.333. The third-order valence-electron chi connectivity index (χ3n) is 3.08. The van der Waals surface area contributed by atoms with Crippen molar-refractivity contribution >= 4 is 17.8 Å². The van der Waals surface area contributed by atoms with Gasteiger partial charge < -0.3 is 5.11 Å². The second-order valence-corrected chi connectivity index (χ2v) is 4.22. The normalized spacial score (nSPS) is 18.8. The molecule has 0 radical (unpaired) electrons. The number of carboxylic acids is 1. The Morgan fingerprint density at radius 2 is 1.94 bits per heavy atom. The van der Waals surface area contributed by atoms with Gasteiger partial charge in [-0.1, -0.05) is 6.07 Å². The number of pyridine rings is 1. The molecule has 1 N–H and O–H groups in total. The van der Waals surface area contributed by atoms with Gasteiger partial charge in [-0.3, -0.25) is 19.5 Å². The Balaban J connectivity index is 2.55. The number of amides is 2. The largest absolute Gasteiger partial charge is 0.479 e. The topological polar surface area (TPSA) is 87.6 Å². The van der Waals surface area contributed by atoms with Gasteiger partial charge in [-0.05, 0) is 19.1 Å².